The summed E-state index contributed by atoms with van der Waals surface area (Å²) in [4.78, 5) is 34.3. The van der Waals surface area contributed by atoms with Gasteiger partial charge in [-0.15, -0.1) is 11.6 Å². The van der Waals surface area contributed by atoms with Crippen molar-refractivity contribution in [3.63, 3.8) is 0 Å². The van der Waals surface area contributed by atoms with Gasteiger partial charge in [0.25, 0.3) is 0 Å². The Hall–Kier alpha value is -1.34. The lowest BCUT2D eigenvalue weighted by atomic mass is 10.1. The number of nitrogens with two attached hydrogens (primary N) is 1. The molecule has 7 nitrogen and oxygen atoms in total. The Labute approximate surface area is 123 Å². The number of esters is 2. The van der Waals surface area contributed by atoms with Gasteiger partial charge in [-0.25, -0.2) is 4.79 Å². The van der Waals surface area contributed by atoms with E-state index in [9.17, 15) is 14.4 Å². The van der Waals surface area contributed by atoms with Gasteiger partial charge in [-0.2, -0.15) is 0 Å². The molecular formula is C12H21ClN2O5. The molecule has 0 fully saturated rings. The molecule has 2 unspecified atom stereocenters. The molecule has 0 aromatic heterocycles. The zero-order valence-corrected chi connectivity index (χ0v) is 12.4. The summed E-state index contributed by atoms with van der Waals surface area (Å²) in [6.45, 7) is 3.76. The van der Waals surface area contributed by atoms with Gasteiger partial charge in [0.15, 0.2) is 0 Å². The lowest BCUT2D eigenvalue weighted by Crippen LogP contribution is -2.44. The van der Waals surface area contributed by atoms with Crippen LogP contribution in [0.3, 0.4) is 0 Å². The van der Waals surface area contributed by atoms with Crippen molar-refractivity contribution in [2.45, 2.75) is 38.8 Å². The van der Waals surface area contributed by atoms with Gasteiger partial charge in [-0.05, 0) is 20.3 Å². The van der Waals surface area contributed by atoms with Crippen LogP contribution in [0.1, 0.15) is 26.7 Å². The van der Waals surface area contributed by atoms with Crippen molar-refractivity contribution >= 4 is 29.4 Å². The van der Waals surface area contributed by atoms with Gasteiger partial charge < -0.3 is 20.5 Å². The molecule has 0 aromatic rings. The Morgan fingerprint density at radius 1 is 1.15 bits per heavy atom. The van der Waals surface area contributed by atoms with E-state index in [1.807, 2.05) is 0 Å². The molecular weight excluding hydrogens is 288 g/mol. The van der Waals surface area contributed by atoms with Crippen LogP contribution in [0.4, 0.5) is 0 Å². The zero-order chi connectivity index (χ0) is 15.5. The second kappa shape index (κ2) is 10.4. The molecule has 116 valence electrons. The summed E-state index contributed by atoms with van der Waals surface area (Å²) in [5.41, 5.74) is 5.55. The van der Waals surface area contributed by atoms with Crippen molar-refractivity contribution < 1.29 is 23.9 Å². The van der Waals surface area contributed by atoms with Crippen LogP contribution in [-0.4, -0.2) is 49.0 Å². The monoisotopic (exact) mass is 308 g/mol. The van der Waals surface area contributed by atoms with E-state index in [1.165, 1.54) is 0 Å². The highest BCUT2D eigenvalue weighted by Crippen LogP contribution is 2.00. The van der Waals surface area contributed by atoms with Gasteiger partial charge in [0.05, 0.1) is 19.1 Å². The van der Waals surface area contributed by atoms with E-state index in [4.69, 9.17) is 26.8 Å². The predicted molar refractivity (Wildman–Crippen MR) is 73.1 cm³/mol. The number of rotatable bonds is 9. The molecule has 20 heavy (non-hydrogen) atoms. The molecule has 0 rings (SSSR count). The zero-order valence-electron chi connectivity index (χ0n) is 11.7. The number of carbonyl (C=O) groups is 3. The minimum Gasteiger partial charge on any atom is -0.465 e. The summed E-state index contributed by atoms with van der Waals surface area (Å²) in [5, 5.41) is 2.42. The van der Waals surface area contributed by atoms with Gasteiger partial charge in [-0.3, -0.25) is 9.59 Å². The fourth-order valence-corrected chi connectivity index (χ4v) is 1.53. The van der Waals surface area contributed by atoms with E-state index in [1.54, 1.807) is 13.8 Å². The Balaban J connectivity index is 4.14. The van der Waals surface area contributed by atoms with Crippen molar-refractivity contribution in [3.05, 3.63) is 0 Å². The summed E-state index contributed by atoms with van der Waals surface area (Å²) < 4.78 is 9.47. The van der Waals surface area contributed by atoms with Crippen molar-refractivity contribution in [2.75, 3.05) is 19.1 Å². The quantitative estimate of drug-likeness (QED) is 0.456. The average molecular weight is 309 g/mol. The SMILES string of the molecule is CCOC(=O)C(N)CCC(=O)NC(CCl)C(=O)OCC. The predicted octanol–water partition coefficient (Wildman–Crippen LogP) is -0.0563. The summed E-state index contributed by atoms with van der Waals surface area (Å²) >= 11 is 5.58. The topological polar surface area (TPSA) is 108 Å². The fraction of sp³-hybridized carbons (Fsp3) is 0.750. The number of alkyl halides is 1. The number of hydrogen-bond donors (Lipinski definition) is 2. The van der Waals surface area contributed by atoms with Gasteiger partial charge in [0.2, 0.25) is 5.91 Å². The molecule has 8 heteroatoms. The molecule has 0 aromatic carbocycles. The molecule has 0 aliphatic rings. The van der Waals surface area contributed by atoms with Gasteiger partial charge >= 0.3 is 11.9 Å². The second-order valence-electron chi connectivity index (χ2n) is 3.92. The lowest BCUT2D eigenvalue weighted by molar-refractivity contribution is -0.147. The molecule has 0 spiro atoms. The van der Waals surface area contributed by atoms with Gasteiger partial charge in [-0.1, -0.05) is 0 Å². The Morgan fingerprint density at radius 2 is 1.70 bits per heavy atom. The van der Waals surface area contributed by atoms with Crippen LogP contribution in [0.25, 0.3) is 0 Å². The fourth-order valence-electron chi connectivity index (χ4n) is 1.32. The summed E-state index contributed by atoms with van der Waals surface area (Å²) in [6.07, 6.45) is 0.120. The number of nitrogens with one attached hydrogen (secondary N) is 1. The molecule has 0 radical (unpaired) electrons. The lowest BCUT2D eigenvalue weighted by Gasteiger charge is -2.15. The highest BCUT2D eigenvalue weighted by atomic mass is 35.5. The molecule has 2 atom stereocenters. The molecule has 0 aliphatic heterocycles. The van der Waals surface area contributed by atoms with E-state index in [-0.39, 0.29) is 31.9 Å². The summed E-state index contributed by atoms with van der Waals surface area (Å²) in [7, 11) is 0. The molecule has 0 heterocycles. The first-order valence-corrected chi connectivity index (χ1v) is 6.93. The van der Waals surface area contributed by atoms with Crippen molar-refractivity contribution in [1.82, 2.24) is 5.32 Å². The Morgan fingerprint density at radius 3 is 2.20 bits per heavy atom. The number of amides is 1. The molecule has 1 amide bonds. The maximum Gasteiger partial charge on any atom is 0.329 e. The molecule has 0 saturated heterocycles. The highest BCUT2D eigenvalue weighted by molar-refractivity contribution is 6.19. The Kier molecular flexibility index (Phi) is 9.75. The van der Waals surface area contributed by atoms with Crippen LogP contribution in [-0.2, 0) is 23.9 Å². The highest BCUT2D eigenvalue weighted by Gasteiger charge is 2.22. The van der Waals surface area contributed by atoms with E-state index < -0.39 is 29.9 Å². The first-order valence-electron chi connectivity index (χ1n) is 6.40. The van der Waals surface area contributed by atoms with Crippen molar-refractivity contribution in [1.29, 1.82) is 0 Å². The van der Waals surface area contributed by atoms with E-state index in [0.717, 1.165) is 0 Å². The summed E-state index contributed by atoms with van der Waals surface area (Å²) in [5.74, 6) is -1.66. The van der Waals surface area contributed by atoms with Crippen LogP contribution in [0.2, 0.25) is 0 Å². The number of halogens is 1. The van der Waals surface area contributed by atoms with Crippen LogP contribution < -0.4 is 11.1 Å². The molecule has 0 bridgehead atoms. The third kappa shape index (κ3) is 7.30. The number of carbonyl (C=O) groups excluding carboxylic acids is 3. The van der Waals surface area contributed by atoms with Crippen molar-refractivity contribution in [3.8, 4) is 0 Å². The first kappa shape index (κ1) is 18.7. The van der Waals surface area contributed by atoms with E-state index in [2.05, 4.69) is 5.32 Å². The van der Waals surface area contributed by atoms with Crippen LogP contribution >= 0.6 is 11.6 Å². The number of hydrogen-bond acceptors (Lipinski definition) is 6. The van der Waals surface area contributed by atoms with Gasteiger partial charge in [0, 0.05) is 6.42 Å². The molecule has 0 aliphatic carbocycles. The largest absolute Gasteiger partial charge is 0.465 e. The first-order chi connectivity index (χ1) is 9.46. The van der Waals surface area contributed by atoms with Crippen LogP contribution in [0.5, 0.6) is 0 Å². The van der Waals surface area contributed by atoms with Crippen molar-refractivity contribution in [2.24, 2.45) is 5.73 Å². The smallest absolute Gasteiger partial charge is 0.329 e. The second-order valence-corrected chi connectivity index (χ2v) is 4.23. The normalized spacial score (nSPS) is 13.2. The number of ether oxygens (including phenoxy) is 2. The van der Waals surface area contributed by atoms with Crippen LogP contribution in [0.15, 0.2) is 0 Å². The van der Waals surface area contributed by atoms with Gasteiger partial charge in [0.1, 0.15) is 12.1 Å². The van der Waals surface area contributed by atoms with E-state index >= 15 is 0 Å². The standard InChI is InChI=1S/C12H21ClN2O5/c1-3-19-11(17)8(14)5-6-10(16)15-9(7-13)12(18)20-4-2/h8-9H,3-7,14H2,1-2H3,(H,15,16). The van der Waals surface area contributed by atoms with E-state index in [0.29, 0.717) is 0 Å². The maximum absolute atomic E-state index is 11.6. The molecule has 0 saturated carbocycles. The Bertz CT molecular complexity index is 338. The van der Waals surface area contributed by atoms with Crippen LogP contribution in [0, 0.1) is 0 Å². The maximum atomic E-state index is 11.6. The minimum absolute atomic E-state index is 0.00717. The molecule has 3 N–H and O–H groups in total. The average Bonchev–Trinajstić information content (AvgIpc) is 2.42. The third-order valence-corrected chi connectivity index (χ3v) is 2.64. The minimum atomic E-state index is -0.900. The third-order valence-electron chi connectivity index (χ3n) is 2.33. The summed E-state index contributed by atoms with van der Waals surface area (Å²) in [6, 6.07) is -1.76.